The van der Waals surface area contributed by atoms with Crippen LogP contribution in [0.2, 0.25) is 5.02 Å². The van der Waals surface area contributed by atoms with Gasteiger partial charge in [-0.3, -0.25) is 4.99 Å². The largest absolute Gasteiger partial charge is 0.372 e. The lowest BCUT2D eigenvalue weighted by molar-refractivity contribution is -0.151. The molecule has 6 nitrogen and oxygen atoms in total. The Labute approximate surface area is 180 Å². The fourth-order valence-corrected chi connectivity index (χ4v) is 3.34. The van der Waals surface area contributed by atoms with Crippen LogP contribution in [-0.4, -0.2) is 48.9 Å². The number of aliphatic hydroxyl groups excluding tert-OH is 1. The summed E-state index contributed by atoms with van der Waals surface area (Å²) in [6.45, 7) is 4.80. The van der Waals surface area contributed by atoms with Gasteiger partial charge in [-0.05, 0) is 44.2 Å². The third-order valence-corrected chi connectivity index (χ3v) is 4.68. The van der Waals surface area contributed by atoms with Crippen LogP contribution in [0.4, 0.5) is 10.1 Å². The first kappa shape index (κ1) is 22.4. The van der Waals surface area contributed by atoms with E-state index in [1.165, 1.54) is 6.07 Å². The number of fused-ring (bicyclic) bond motifs is 1. The highest BCUT2D eigenvalue weighted by molar-refractivity contribution is 6.32. The molecule has 1 unspecified atom stereocenters. The number of hydrogen-bond acceptors (Lipinski definition) is 5. The Morgan fingerprint density at radius 2 is 1.90 bits per heavy atom. The lowest BCUT2D eigenvalue weighted by Crippen LogP contribution is -2.25. The van der Waals surface area contributed by atoms with E-state index in [0.29, 0.717) is 46.6 Å². The van der Waals surface area contributed by atoms with Crippen LogP contribution in [0.3, 0.4) is 0 Å². The van der Waals surface area contributed by atoms with Gasteiger partial charge in [0.1, 0.15) is 11.7 Å². The molecule has 0 amide bonds. The lowest BCUT2D eigenvalue weighted by Gasteiger charge is -2.19. The summed E-state index contributed by atoms with van der Waals surface area (Å²) in [7, 11) is 0. The zero-order valence-electron chi connectivity index (χ0n) is 16.9. The fraction of sp³-hybridized carbons (Fsp3) is 0.364. The number of anilines is 1. The molecule has 0 saturated heterocycles. The van der Waals surface area contributed by atoms with E-state index in [9.17, 15) is 9.50 Å². The second-order valence-corrected chi connectivity index (χ2v) is 7.03. The van der Waals surface area contributed by atoms with E-state index in [-0.39, 0.29) is 18.8 Å². The maximum Gasteiger partial charge on any atom is 0.161 e. The van der Waals surface area contributed by atoms with Crippen LogP contribution in [0.15, 0.2) is 52.4 Å². The zero-order chi connectivity index (χ0) is 21.5. The van der Waals surface area contributed by atoms with E-state index in [0.717, 1.165) is 0 Å². The number of hydrogen-bond donors (Lipinski definition) is 2. The van der Waals surface area contributed by atoms with Gasteiger partial charge in [-0.2, -0.15) is 0 Å². The number of aliphatic hydroxyl groups is 1. The standard InChI is InChI=1S/C22H25ClFN3O3/c1-3-29-21(30-4-2)12-20(28)27-19-13-25-22(15-7-5-6-8-17(15)24)16-11-14(23)9-10-18(16)26-19/h5-11,20-21,28H,3-4,12-13H2,1-2H3,(H,26,27). The molecule has 0 spiro atoms. The lowest BCUT2D eigenvalue weighted by atomic mass is 10.00. The molecule has 30 heavy (non-hydrogen) atoms. The maximum atomic E-state index is 14.5. The first-order chi connectivity index (χ1) is 14.5. The molecule has 1 aliphatic rings. The van der Waals surface area contributed by atoms with Crippen molar-refractivity contribution in [3.05, 3.63) is 64.4 Å². The molecule has 160 valence electrons. The van der Waals surface area contributed by atoms with Gasteiger partial charge in [0.2, 0.25) is 0 Å². The first-order valence-electron chi connectivity index (χ1n) is 9.86. The zero-order valence-corrected chi connectivity index (χ0v) is 17.7. The molecule has 2 aromatic carbocycles. The quantitative estimate of drug-likeness (QED) is 0.610. The predicted molar refractivity (Wildman–Crippen MR) is 117 cm³/mol. The minimum atomic E-state index is -1.04. The van der Waals surface area contributed by atoms with Crippen molar-refractivity contribution in [3.8, 4) is 0 Å². The Balaban J connectivity index is 1.91. The van der Waals surface area contributed by atoms with Crippen LogP contribution in [0.25, 0.3) is 0 Å². The number of amidine groups is 1. The Hall–Kier alpha value is -2.32. The molecule has 1 aliphatic heterocycles. The van der Waals surface area contributed by atoms with E-state index in [2.05, 4.69) is 15.3 Å². The number of benzene rings is 2. The normalized spacial score (nSPS) is 16.1. The average Bonchev–Trinajstić information content (AvgIpc) is 2.88. The Kier molecular flexibility index (Phi) is 7.93. The molecule has 0 radical (unpaired) electrons. The molecule has 8 heteroatoms. The Morgan fingerprint density at radius 3 is 2.60 bits per heavy atom. The average molecular weight is 434 g/mol. The summed E-state index contributed by atoms with van der Waals surface area (Å²) < 4.78 is 25.4. The molecular weight excluding hydrogens is 409 g/mol. The Bertz CT molecular complexity index is 930. The highest BCUT2D eigenvalue weighted by Gasteiger charge is 2.21. The van der Waals surface area contributed by atoms with Crippen molar-refractivity contribution in [1.29, 1.82) is 0 Å². The van der Waals surface area contributed by atoms with Gasteiger partial charge < -0.3 is 19.9 Å². The van der Waals surface area contributed by atoms with E-state index in [4.69, 9.17) is 21.1 Å². The molecule has 2 aromatic rings. The number of nitrogens with one attached hydrogen (secondary N) is 1. The van der Waals surface area contributed by atoms with E-state index < -0.39 is 12.5 Å². The number of ether oxygens (including phenoxy) is 2. The molecule has 3 rings (SSSR count). The van der Waals surface area contributed by atoms with Gasteiger partial charge >= 0.3 is 0 Å². The van der Waals surface area contributed by atoms with Crippen molar-refractivity contribution in [1.82, 2.24) is 0 Å². The van der Waals surface area contributed by atoms with Gasteiger partial charge in [-0.15, -0.1) is 0 Å². The summed E-state index contributed by atoms with van der Waals surface area (Å²) in [4.78, 5) is 8.91. The molecule has 1 atom stereocenters. The first-order valence-corrected chi connectivity index (χ1v) is 10.2. The van der Waals surface area contributed by atoms with Crippen molar-refractivity contribution in [2.24, 2.45) is 9.98 Å². The number of benzodiazepines with no additional fused rings is 1. The smallest absolute Gasteiger partial charge is 0.161 e. The number of nitrogens with zero attached hydrogens (tertiary/aromatic N) is 2. The maximum absolute atomic E-state index is 14.5. The highest BCUT2D eigenvalue weighted by Crippen LogP contribution is 2.27. The molecule has 0 aliphatic carbocycles. The van der Waals surface area contributed by atoms with Gasteiger partial charge in [0, 0.05) is 41.5 Å². The van der Waals surface area contributed by atoms with Crippen LogP contribution >= 0.6 is 11.6 Å². The summed E-state index contributed by atoms with van der Waals surface area (Å²) in [5, 5.41) is 14.1. The van der Waals surface area contributed by atoms with Crippen molar-refractivity contribution in [3.63, 3.8) is 0 Å². The van der Waals surface area contributed by atoms with Gasteiger partial charge in [0.25, 0.3) is 0 Å². The molecule has 0 fully saturated rings. The van der Waals surface area contributed by atoms with Crippen molar-refractivity contribution in [2.75, 3.05) is 25.1 Å². The molecule has 1 heterocycles. The molecular formula is C22H25ClFN3O3. The van der Waals surface area contributed by atoms with Crippen LogP contribution in [0.1, 0.15) is 31.4 Å². The van der Waals surface area contributed by atoms with Gasteiger partial charge in [0.05, 0.1) is 12.3 Å². The molecule has 0 aromatic heterocycles. The fourth-order valence-electron chi connectivity index (χ4n) is 3.17. The highest BCUT2D eigenvalue weighted by atomic mass is 35.5. The van der Waals surface area contributed by atoms with Crippen molar-refractivity contribution in [2.45, 2.75) is 32.8 Å². The third-order valence-electron chi connectivity index (χ3n) is 4.44. The monoisotopic (exact) mass is 433 g/mol. The number of halogens is 2. The van der Waals surface area contributed by atoms with Crippen LogP contribution in [0, 0.1) is 5.82 Å². The number of aliphatic imine (C=N–C) groups is 2. The molecule has 0 saturated carbocycles. The van der Waals surface area contributed by atoms with Crippen LogP contribution < -0.4 is 5.32 Å². The summed E-state index contributed by atoms with van der Waals surface area (Å²) in [5.74, 6) is 0.0722. The topological polar surface area (TPSA) is 75.4 Å². The van der Waals surface area contributed by atoms with E-state index >= 15 is 0 Å². The van der Waals surface area contributed by atoms with Crippen molar-refractivity contribution < 1.29 is 19.0 Å². The predicted octanol–water partition coefficient (Wildman–Crippen LogP) is 4.25. The van der Waals surface area contributed by atoms with Gasteiger partial charge in [0.15, 0.2) is 12.5 Å². The summed E-state index contributed by atoms with van der Waals surface area (Å²) >= 11 is 6.19. The molecule has 2 N–H and O–H groups in total. The van der Waals surface area contributed by atoms with E-state index in [1.807, 2.05) is 13.8 Å². The van der Waals surface area contributed by atoms with Crippen LogP contribution in [0.5, 0.6) is 0 Å². The minimum absolute atomic E-state index is 0.140. The minimum Gasteiger partial charge on any atom is -0.372 e. The Morgan fingerprint density at radius 1 is 1.17 bits per heavy atom. The van der Waals surface area contributed by atoms with Crippen LogP contribution in [-0.2, 0) is 9.47 Å². The summed E-state index contributed by atoms with van der Waals surface area (Å²) in [5.41, 5.74) is 2.18. The van der Waals surface area contributed by atoms with Gasteiger partial charge in [-0.1, -0.05) is 23.7 Å². The third kappa shape index (κ3) is 5.64. The molecule has 0 bridgehead atoms. The summed E-state index contributed by atoms with van der Waals surface area (Å²) in [6.07, 6.45) is -1.41. The second-order valence-electron chi connectivity index (χ2n) is 6.59. The summed E-state index contributed by atoms with van der Waals surface area (Å²) in [6, 6.07) is 11.7. The van der Waals surface area contributed by atoms with Gasteiger partial charge in [-0.25, -0.2) is 9.38 Å². The SMILES string of the molecule is CCOC(CC(O)N=C1CN=C(c2ccccc2F)c2cc(Cl)ccc2N1)OCC. The van der Waals surface area contributed by atoms with E-state index in [1.54, 1.807) is 36.4 Å². The van der Waals surface area contributed by atoms with Crippen molar-refractivity contribution >= 4 is 28.8 Å². The second kappa shape index (κ2) is 10.6. The number of rotatable bonds is 8.